The Kier molecular flexibility index (Phi) is 6.65. The van der Waals surface area contributed by atoms with Crippen LogP contribution in [0.4, 0.5) is 9.59 Å². The van der Waals surface area contributed by atoms with Gasteiger partial charge in [-0.15, -0.1) is 0 Å². The summed E-state index contributed by atoms with van der Waals surface area (Å²) in [6.45, 7) is 5.45. The molecule has 2 saturated heterocycles. The second-order valence-electron chi connectivity index (χ2n) is 9.56. The second-order valence-corrected chi connectivity index (χ2v) is 9.56. The van der Waals surface area contributed by atoms with Gasteiger partial charge in [-0.1, -0.05) is 67.6 Å². The maximum Gasteiger partial charge on any atom is 0.327 e. The van der Waals surface area contributed by atoms with Crippen LogP contribution in [0.5, 0.6) is 0 Å². The maximum atomic E-state index is 13.6. The first-order chi connectivity index (χ1) is 16.6. The number of hydrogen-bond acceptors (Lipinski definition) is 4. The van der Waals surface area contributed by atoms with Gasteiger partial charge < -0.3 is 9.80 Å². The van der Waals surface area contributed by atoms with Crippen molar-refractivity contribution in [2.75, 3.05) is 14.1 Å². The molecule has 0 unspecified atom stereocenters. The van der Waals surface area contributed by atoms with Gasteiger partial charge in [-0.3, -0.25) is 19.4 Å². The van der Waals surface area contributed by atoms with Crippen molar-refractivity contribution in [3.05, 3.63) is 71.8 Å². The fourth-order valence-electron chi connectivity index (χ4n) is 5.12. The minimum Gasteiger partial charge on any atom is -0.322 e. The minimum atomic E-state index is -0.776. The molecule has 2 heterocycles. The van der Waals surface area contributed by atoms with Gasteiger partial charge in [0, 0.05) is 26.4 Å². The molecule has 0 radical (unpaired) electrons. The van der Waals surface area contributed by atoms with Crippen molar-refractivity contribution >= 4 is 23.9 Å². The van der Waals surface area contributed by atoms with Crippen LogP contribution in [0.1, 0.15) is 50.4 Å². The molecule has 2 aromatic carbocycles. The molecule has 0 bridgehead atoms. The molecule has 2 aromatic rings. The van der Waals surface area contributed by atoms with Crippen molar-refractivity contribution < 1.29 is 19.2 Å². The molecule has 8 nitrogen and oxygen atoms in total. The largest absolute Gasteiger partial charge is 0.327 e. The first kappa shape index (κ1) is 24.4. The van der Waals surface area contributed by atoms with Gasteiger partial charge in [0.05, 0.1) is 24.2 Å². The molecule has 35 heavy (non-hydrogen) atoms. The molecule has 0 saturated carbocycles. The molecule has 184 valence electrons. The van der Waals surface area contributed by atoms with Crippen LogP contribution in [0.25, 0.3) is 0 Å². The van der Waals surface area contributed by atoms with Gasteiger partial charge in [-0.2, -0.15) is 0 Å². The van der Waals surface area contributed by atoms with Crippen molar-refractivity contribution in [2.24, 2.45) is 5.92 Å². The van der Waals surface area contributed by atoms with Gasteiger partial charge in [0.1, 0.15) is 0 Å². The first-order valence-electron chi connectivity index (χ1n) is 11.9. The number of urea groups is 2. The van der Waals surface area contributed by atoms with E-state index in [1.165, 1.54) is 9.80 Å². The summed E-state index contributed by atoms with van der Waals surface area (Å²) in [4.78, 5) is 58.7. The summed E-state index contributed by atoms with van der Waals surface area (Å²) in [5.41, 5.74) is 1.72. The van der Waals surface area contributed by atoms with Crippen LogP contribution in [0.15, 0.2) is 60.7 Å². The number of likely N-dealkylation sites (N-methyl/N-ethyl adjacent to an activating group) is 2. The predicted molar refractivity (Wildman–Crippen MR) is 131 cm³/mol. The van der Waals surface area contributed by atoms with Gasteiger partial charge in [-0.05, 0) is 25.0 Å². The van der Waals surface area contributed by atoms with E-state index in [1.807, 2.05) is 74.5 Å². The fourth-order valence-corrected chi connectivity index (χ4v) is 5.12. The lowest BCUT2D eigenvalue weighted by Gasteiger charge is -2.28. The number of rotatable bonds is 5. The number of nitrogens with zero attached hydrogens (tertiary/aromatic N) is 4. The van der Waals surface area contributed by atoms with Gasteiger partial charge >= 0.3 is 12.1 Å². The third-order valence-electron chi connectivity index (χ3n) is 7.40. The molecule has 4 rings (SSSR count). The molecule has 2 fully saturated rings. The van der Waals surface area contributed by atoms with E-state index in [1.54, 1.807) is 30.8 Å². The standard InChI is InChI=1S/C27H32N4O4/c1-17(25(33)31-24(19(3)29(5)27(31)35)21-14-10-7-11-15-21)16-22(32)30-23(18(2)28(4)26(30)34)20-12-8-6-9-13-20/h6-15,17-19,23-24H,16H2,1-5H3/t17-,18+,19+,23+,24+/m0/s1. The van der Waals surface area contributed by atoms with Crippen LogP contribution >= 0.6 is 0 Å². The van der Waals surface area contributed by atoms with Crippen LogP contribution in [0, 0.1) is 5.92 Å². The Morgan fingerprint density at radius 3 is 1.60 bits per heavy atom. The maximum absolute atomic E-state index is 13.6. The Labute approximate surface area is 206 Å². The fraction of sp³-hybridized carbons (Fsp3) is 0.407. The summed E-state index contributed by atoms with van der Waals surface area (Å²) in [5.74, 6) is -1.62. The quantitative estimate of drug-likeness (QED) is 0.652. The highest BCUT2D eigenvalue weighted by Crippen LogP contribution is 2.38. The van der Waals surface area contributed by atoms with Crippen molar-refractivity contribution in [3.63, 3.8) is 0 Å². The molecule has 8 heteroatoms. The monoisotopic (exact) mass is 476 g/mol. The third-order valence-corrected chi connectivity index (χ3v) is 7.40. The van der Waals surface area contributed by atoms with Gasteiger partial charge in [0.15, 0.2) is 0 Å². The Morgan fingerprint density at radius 2 is 1.14 bits per heavy atom. The minimum absolute atomic E-state index is 0.169. The molecule has 5 atom stereocenters. The average molecular weight is 477 g/mol. The summed E-state index contributed by atoms with van der Waals surface area (Å²) in [6.07, 6.45) is -0.169. The SMILES string of the molecule is C[C@@H]1[C@H](c2ccccc2)N(C(=O)C[C@H](C)C(=O)N2C(=O)N(C)[C@H](C)[C@@H]2c2ccccc2)C(=O)N1C. The van der Waals surface area contributed by atoms with Crippen LogP contribution in [-0.2, 0) is 9.59 Å². The summed E-state index contributed by atoms with van der Waals surface area (Å²) in [7, 11) is 3.35. The Morgan fingerprint density at radius 1 is 0.743 bits per heavy atom. The summed E-state index contributed by atoms with van der Waals surface area (Å²) in [6, 6.07) is 16.8. The van der Waals surface area contributed by atoms with Crippen molar-refractivity contribution in [1.82, 2.24) is 19.6 Å². The molecule has 0 N–H and O–H groups in total. The highest BCUT2D eigenvalue weighted by Gasteiger charge is 2.49. The number of benzene rings is 2. The number of amides is 6. The van der Waals surface area contributed by atoms with Crippen molar-refractivity contribution in [1.29, 1.82) is 0 Å². The average Bonchev–Trinajstić information content (AvgIpc) is 3.23. The highest BCUT2D eigenvalue weighted by atomic mass is 16.2. The second kappa shape index (κ2) is 9.52. The van der Waals surface area contributed by atoms with Crippen LogP contribution in [-0.4, -0.2) is 69.7 Å². The van der Waals surface area contributed by atoms with E-state index in [0.29, 0.717) is 0 Å². The van der Waals surface area contributed by atoms with Crippen molar-refractivity contribution in [2.45, 2.75) is 51.4 Å². The van der Waals surface area contributed by atoms with E-state index in [-0.39, 0.29) is 30.6 Å². The Bertz CT molecular complexity index is 1120. The van der Waals surface area contributed by atoms with Crippen LogP contribution < -0.4 is 0 Å². The van der Waals surface area contributed by atoms with E-state index in [2.05, 4.69) is 0 Å². The predicted octanol–water partition coefficient (Wildman–Crippen LogP) is 4.06. The van der Waals surface area contributed by atoms with Crippen LogP contribution in [0.3, 0.4) is 0 Å². The van der Waals surface area contributed by atoms with Gasteiger partial charge in [0.25, 0.3) is 0 Å². The molecule has 0 aromatic heterocycles. The van der Waals surface area contributed by atoms with E-state index < -0.39 is 29.8 Å². The number of carbonyl (C=O) groups is 4. The van der Waals surface area contributed by atoms with Gasteiger partial charge in [0.2, 0.25) is 11.8 Å². The van der Waals surface area contributed by atoms with E-state index in [0.717, 1.165) is 11.1 Å². The zero-order valence-corrected chi connectivity index (χ0v) is 20.8. The first-order valence-corrected chi connectivity index (χ1v) is 11.9. The topological polar surface area (TPSA) is 81.2 Å². The number of imide groups is 2. The van der Waals surface area contributed by atoms with Crippen molar-refractivity contribution in [3.8, 4) is 0 Å². The van der Waals surface area contributed by atoms with E-state index in [4.69, 9.17) is 0 Å². The summed E-state index contributed by atoms with van der Waals surface area (Å²) >= 11 is 0. The molecular weight excluding hydrogens is 444 g/mol. The zero-order chi connectivity index (χ0) is 25.4. The van der Waals surface area contributed by atoms with Crippen LogP contribution in [0.2, 0.25) is 0 Å². The molecule has 2 aliphatic rings. The molecular formula is C27H32N4O4. The zero-order valence-electron chi connectivity index (χ0n) is 20.8. The number of hydrogen-bond donors (Lipinski definition) is 0. The lowest BCUT2D eigenvalue weighted by molar-refractivity contribution is -0.139. The molecule has 2 aliphatic heterocycles. The van der Waals surface area contributed by atoms with E-state index >= 15 is 0 Å². The molecule has 0 spiro atoms. The third kappa shape index (κ3) is 4.17. The molecule has 0 aliphatic carbocycles. The Hall–Kier alpha value is -3.68. The van der Waals surface area contributed by atoms with E-state index in [9.17, 15) is 19.2 Å². The summed E-state index contributed by atoms with van der Waals surface area (Å²) < 4.78 is 0. The lowest BCUT2D eigenvalue weighted by atomic mass is 9.97. The summed E-state index contributed by atoms with van der Waals surface area (Å²) in [5, 5.41) is 0. The smallest absolute Gasteiger partial charge is 0.322 e. The lowest BCUT2D eigenvalue weighted by Crippen LogP contribution is -2.42. The highest BCUT2D eigenvalue weighted by molar-refractivity contribution is 6.01. The normalized spacial score (nSPS) is 25.4. The Balaban J connectivity index is 1.57. The molecule has 6 amide bonds. The van der Waals surface area contributed by atoms with Gasteiger partial charge in [-0.25, -0.2) is 9.59 Å². The number of carbonyl (C=O) groups excluding carboxylic acids is 4.